The molecule has 1 aromatic heterocycles. The Kier molecular flexibility index (Phi) is 8.69. The molecular weight excluding hydrogens is 553 g/mol. The van der Waals surface area contributed by atoms with Crippen molar-refractivity contribution in [2.75, 3.05) is 6.61 Å². The summed E-state index contributed by atoms with van der Waals surface area (Å²) in [5.41, 5.74) is 3.86. The van der Waals surface area contributed by atoms with E-state index in [0.717, 1.165) is 22.4 Å². The normalized spacial score (nSPS) is 11.5. The standard InChI is InChI=1S/C34H31ClFN3O3/c1-5-41-32-16-22(4)28(18-27(32)21(2)3)33-38-30-13-9-7-11-26(30)34(40)39(33)37-19-24-17-25(35)14-15-31(24)42-20-23-10-6-8-12-29(23)36/h6-19,21H,5,20H2,1-4H3. The van der Waals surface area contributed by atoms with Crippen LogP contribution in [0.4, 0.5) is 4.39 Å². The van der Waals surface area contributed by atoms with Crippen LogP contribution in [-0.2, 0) is 6.61 Å². The van der Waals surface area contributed by atoms with E-state index in [-0.39, 0.29) is 23.9 Å². The first-order valence-electron chi connectivity index (χ1n) is 13.8. The second-order valence-electron chi connectivity index (χ2n) is 10.2. The SMILES string of the molecule is CCOc1cc(C)c(-c2nc3ccccc3c(=O)n2N=Cc2cc(Cl)ccc2OCc2ccccc2F)cc1C(C)C. The predicted molar refractivity (Wildman–Crippen MR) is 167 cm³/mol. The van der Waals surface area contributed by atoms with Crippen LogP contribution in [0.15, 0.2) is 88.8 Å². The Labute approximate surface area is 249 Å². The van der Waals surface area contributed by atoms with Crippen LogP contribution in [0.3, 0.4) is 0 Å². The van der Waals surface area contributed by atoms with Gasteiger partial charge in [0.25, 0.3) is 5.56 Å². The zero-order valence-corrected chi connectivity index (χ0v) is 24.7. The van der Waals surface area contributed by atoms with Gasteiger partial charge in [-0.3, -0.25) is 4.79 Å². The monoisotopic (exact) mass is 583 g/mol. The fraction of sp³-hybridized carbons (Fsp3) is 0.206. The van der Waals surface area contributed by atoms with E-state index in [4.69, 9.17) is 26.1 Å². The van der Waals surface area contributed by atoms with Crippen LogP contribution in [0, 0.1) is 12.7 Å². The van der Waals surface area contributed by atoms with Crippen LogP contribution in [0.1, 0.15) is 48.9 Å². The molecule has 0 atom stereocenters. The molecule has 5 aromatic rings. The Morgan fingerprint density at radius 3 is 2.52 bits per heavy atom. The van der Waals surface area contributed by atoms with Gasteiger partial charge < -0.3 is 9.47 Å². The third kappa shape index (κ3) is 6.06. The maximum Gasteiger partial charge on any atom is 0.282 e. The van der Waals surface area contributed by atoms with Gasteiger partial charge in [0.15, 0.2) is 5.82 Å². The zero-order valence-electron chi connectivity index (χ0n) is 23.9. The first-order chi connectivity index (χ1) is 20.3. The Balaban J connectivity index is 1.64. The average Bonchev–Trinajstić information content (AvgIpc) is 2.97. The van der Waals surface area contributed by atoms with Crippen molar-refractivity contribution >= 4 is 28.7 Å². The molecule has 0 unspecified atom stereocenters. The molecule has 0 aliphatic rings. The second kappa shape index (κ2) is 12.6. The van der Waals surface area contributed by atoms with Gasteiger partial charge in [0.1, 0.15) is 23.9 Å². The molecular formula is C34H31ClFN3O3. The minimum Gasteiger partial charge on any atom is -0.494 e. The quantitative estimate of drug-likeness (QED) is 0.164. The summed E-state index contributed by atoms with van der Waals surface area (Å²) in [4.78, 5) is 18.7. The molecule has 214 valence electrons. The van der Waals surface area contributed by atoms with E-state index in [2.05, 4.69) is 18.9 Å². The van der Waals surface area contributed by atoms with Crippen LogP contribution in [-0.4, -0.2) is 22.5 Å². The molecule has 0 spiro atoms. The number of benzene rings is 4. The van der Waals surface area contributed by atoms with Crippen LogP contribution in [0.5, 0.6) is 11.5 Å². The number of halogens is 2. The van der Waals surface area contributed by atoms with Crippen LogP contribution in [0.25, 0.3) is 22.3 Å². The number of hydrogen-bond donors (Lipinski definition) is 0. The van der Waals surface area contributed by atoms with Crippen molar-refractivity contribution in [2.45, 2.75) is 40.2 Å². The van der Waals surface area contributed by atoms with Gasteiger partial charge in [-0.1, -0.05) is 55.8 Å². The van der Waals surface area contributed by atoms with E-state index in [0.29, 0.717) is 45.2 Å². The molecule has 6 nitrogen and oxygen atoms in total. The van der Waals surface area contributed by atoms with Gasteiger partial charge in [-0.25, -0.2) is 9.37 Å². The summed E-state index contributed by atoms with van der Waals surface area (Å²) in [6.45, 7) is 8.66. The lowest BCUT2D eigenvalue weighted by Crippen LogP contribution is -2.21. The predicted octanol–water partition coefficient (Wildman–Crippen LogP) is 8.15. The van der Waals surface area contributed by atoms with Crippen molar-refractivity contribution in [2.24, 2.45) is 5.10 Å². The number of hydrogen-bond acceptors (Lipinski definition) is 5. The molecule has 42 heavy (non-hydrogen) atoms. The molecule has 0 fully saturated rings. The summed E-state index contributed by atoms with van der Waals surface area (Å²) < 4.78 is 27.4. The van der Waals surface area contributed by atoms with Gasteiger partial charge in [-0.05, 0) is 79.4 Å². The maximum atomic E-state index is 14.2. The van der Waals surface area contributed by atoms with E-state index in [1.807, 2.05) is 38.1 Å². The number of fused-ring (bicyclic) bond motifs is 1. The Hall–Kier alpha value is -4.49. The molecule has 0 amide bonds. The molecule has 0 aliphatic heterocycles. The topological polar surface area (TPSA) is 65.7 Å². The molecule has 0 N–H and O–H groups in total. The first kappa shape index (κ1) is 29.0. The van der Waals surface area contributed by atoms with E-state index in [1.165, 1.54) is 17.0 Å². The molecule has 0 saturated heterocycles. The lowest BCUT2D eigenvalue weighted by atomic mass is 9.96. The third-order valence-electron chi connectivity index (χ3n) is 6.90. The highest BCUT2D eigenvalue weighted by atomic mass is 35.5. The van der Waals surface area contributed by atoms with E-state index in [9.17, 15) is 9.18 Å². The zero-order chi connectivity index (χ0) is 29.8. The van der Waals surface area contributed by atoms with E-state index < -0.39 is 0 Å². The average molecular weight is 584 g/mol. The van der Waals surface area contributed by atoms with Crippen LogP contribution >= 0.6 is 11.6 Å². The Morgan fingerprint density at radius 2 is 1.76 bits per heavy atom. The lowest BCUT2D eigenvalue weighted by molar-refractivity contribution is 0.299. The minimum atomic E-state index is -0.355. The summed E-state index contributed by atoms with van der Waals surface area (Å²) >= 11 is 6.32. The molecule has 1 heterocycles. The fourth-order valence-corrected chi connectivity index (χ4v) is 4.90. The second-order valence-corrected chi connectivity index (χ2v) is 10.6. The van der Waals surface area contributed by atoms with Crippen LogP contribution in [0.2, 0.25) is 5.02 Å². The molecule has 5 rings (SSSR count). The highest BCUT2D eigenvalue weighted by molar-refractivity contribution is 6.30. The molecule has 0 bridgehead atoms. The van der Waals surface area contributed by atoms with Gasteiger partial charge >= 0.3 is 0 Å². The van der Waals surface area contributed by atoms with Gasteiger partial charge in [0.2, 0.25) is 0 Å². The Bertz CT molecular complexity index is 1850. The van der Waals surface area contributed by atoms with Gasteiger partial charge in [0, 0.05) is 21.7 Å². The van der Waals surface area contributed by atoms with E-state index >= 15 is 0 Å². The summed E-state index contributed by atoms with van der Waals surface area (Å²) in [6.07, 6.45) is 1.51. The molecule has 4 aromatic carbocycles. The van der Waals surface area contributed by atoms with Crippen molar-refractivity contribution in [3.63, 3.8) is 0 Å². The number of nitrogens with zero attached hydrogens (tertiary/aromatic N) is 3. The number of aromatic nitrogens is 2. The molecule has 0 radical (unpaired) electrons. The third-order valence-corrected chi connectivity index (χ3v) is 7.13. The van der Waals surface area contributed by atoms with Crippen molar-refractivity contribution < 1.29 is 13.9 Å². The summed E-state index contributed by atoms with van der Waals surface area (Å²) in [5.74, 6) is 1.46. The van der Waals surface area contributed by atoms with Crippen molar-refractivity contribution in [3.8, 4) is 22.9 Å². The van der Waals surface area contributed by atoms with Crippen molar-refractivity contribution in [1.29, 1.82) is 0 Å². The smallest absolute Gasteiger partial charge is 0.282 e. The van der Waals surface area contributed by atoms with Gasteiger partial charge in [-0.2, -0.15) is 9.78 Å². The number of ether oxygens (including phenoxy) is 2. The summed E-state index contributed by atoms with van der Waals surface area (Å²) in [7, 11) is 0. The van der Waals surface area contributed by atoms with Crippen LogP contribution < -0.4 is 15.0 Å². The first-order valence-corrected chi connectivity index (χ1v) is 14.1. The van der Waals surface area contributed by atoms with Gasteiger partial charge in [0.05, 0.1) is 23.7 Å². The number of rotatable bonds is 9. The lowest BCUT2D eigenvalue weighted by Gasteiger charge is -2.18. The highest BCUT2D eigenvalue weighted by Crippen LogP contribution is 2.34. The van der Waals surface area contributed by atoms with Gasteiger partial charge in [-0.15, -0.1) is 0 Å². The fourth-order valence-electron chi connectivity index (χ4n) is 4.72. The highest BCUT2D eigenvalue weighted by Gasteiger charge is 2.19. The minimum absolute atomic E-state index is 0.0151. The van der Waals surface area contributed by atoms with Crippen molar-refractivity contribution in [3.05, 3.63) is 122 Å². The largest absolute Gasteiger partial charge is 0.494 e. The van der Waals surface area contributed by atoms with E-state index in [1.54, 1.807) is 48.5 Å². The molecule has 8 heteroatoms. The summed E-state index contributed by atoms with van der Waals surface area (Å²) in [5, 5.41) is 5.52. The molecule has 0 aliphatic carbocycles. The Morgan fingerprint density at radius 1 is 1.00 bits per heavy atom. The van der Waals surface area contributed by atoms with Crippen molar-refractivity contribution in [1.82, 2.24) is 9.66 Å². The summed E-state index contributed by atoms with van der Waals surface area (Å²) in [6, 6.07) is 22.7. The molecule has 0 saturated carbocycles. The number of para-hydroxylation sites is 1. The maximum absolute atomic E-state index is 14.2. The number of aryl methyl sites for hydroxylation is 1.